The molecule has 0 unspecified atom stereocenters. The van der Waals surface area contributed by atoms with Crippen LogP contribution in [0.3, 0.4) is 0 Å². The monoisotopic (exact) mass is 177 g/mol. The number of hydrogen-bond acceptors (Lipinski definition) is 4. The van der Waals surface area contributed by atoms with Crippen LogP contribution in [0.2, 0.25) is 0 Å². The van der Waals surface area contributed by atoms with Crippen molar-refractivity contribution in [1.82, 2.24) is 5.32 Å². The van der Waals surface area contributed by atoms with Gasteiger partial charge in [-0.3, -0.25) is 9.59 Å². The quantitative estimate of drug-likeness (QED) is 0.416. The second-order valence-corrected chi connectivity index (χ2v) is 2.02. The van der Waals surface area contributed by atoms with E-state index in [1.54, 1.807) is 0 Å². The number of ether oxygens (including phenoxy) is 1. The zero-order valence-electron chi connectivity index (χ0n) is 6.66. The van der Waals surface area contributed by atoms with Crippen LogP contribution in [0.4, 0.5) is 0 Å². The van der Waals surface area contributed by atoms with Crippen molar-refractivity contribution in [2.24, 2.45) is 0 Å². The Balaban J connectivity index is 0. The van der Waals surface area contributed by atoms with Crippen LogP contribution < -0.4 is 5.32 Å². The Kier molecular flexibility index (Phi) is 3.75. The number of carbonyl (C=O) groups excluding carboxylic acids is 2. The molecular formula is C6H11NO5. The van der Waals surface area contributed by atoms with Crippen molar-refractivity contribution < 1.29 is 25.7 Å². The number of aliphatic carboxylic acids is 1. The summed E-state index contributed by atoms with van der Waals surface area (Å²) in [6, 6.07) is -1.10. The first-order chi connectivity index (χ1) is 5.49. The van der Waals surface area contributed by atoms with Gasteiger partial charge in [-0.1, -0.05) is 0 Å². The number of rotatable bonds is 2. The Bertz CT molecular complexity index is 217. The number of hydrogen-bond donors (Lipinski definition) is 2. The van der Waals surface area contributed by atoms with E-state index in [2.05, 4.69) is 4.74 Å². The molecule has 1 amide bonds. The molecule has 1 atom stereocenters. The summed E-state index contributed by atoms with van der Waals surface area (Å²) in [4.78, 5) is 31.3. The maximum Gasteiger partial charge on any atom is 0.396 e. The minimum Gasteiger partial charge on any atom is -0.480 e. The first-order valence-electron chi connectivity index (χ1n) is 3.10. The first-order valence-corrected chi connectivity index (χ1v) is 3.10. The molecule has 0 spiro atoms. The number of esters is 1. The number of carboxylic acid groups (broad SMARTS) is 1. The van der Waals surface area contributed by atoms with Gasteiger partial charge in [-0.05, 0) is 6.92 Å². The van der Waals surface area contributed by atoms with Crippen LogP contribution in [0.5, 0.6) is 0 Å². The van der Waals surface area contributed by atoms with Crippen LogP contribution in [0, 0.1) is 0 Å². The summed E-state index contributed by atoms with van der Waals surface area (Å²) in [5.41, 5.74) is 0. The summed E-state index contributed by atoms with van der Waals surface area (Å²) in [5.74, 6) is -3.39. The van der Waals surface area contributed by atoms with Crippen LogP contribution in [0.25, 0.3) is 0 Å². The van der Waals surface area contributed by atoms with Gasteiger partial charge in [0.2, 0.25) is 0 Å². The summed E-state index contributed by atoms with van der Waals surface area (Å²) in [5, 5.41) is 10.2. The van der Waals surface area contributed by atoms with E-state index in [1.165, 1.54) is 6.92 Å². The molecule has 0 aliphatic rings. The number of nitrogens with one attached hydrogen (secondary N) is 1. The lowest BCUT2D eigenvalue weighted by Gasteiger charge is -2.06. The smallest absolute Gasteiger partial charge is 0.396 e. The zero-order chi connectivity index (χ0) is 9.72. The molecular weight excluding hydrogens is 166 g/mol. The van der Waals surface area contributed by atoms with Crippen molar-refractivity contribution >= 4 is 17.8 Å². The maximum atomic E-state index is 10.6. The van der Waals surface area contributed by atoms with Crippen LogP contribution >= 0.6 is 0 Å². The third kappa shape index (κ3) is 3.00. The molecule has 0 fully saturated rings. The molecule has 0 aliphatic carbocycles. The van der Waals surface area contributed by atoms with Gasteiger partial charge < -0.3 is 15.2 Å². The predicted octanol–water partition coefficient (Wildman–Crippen LogP) is -1.01. The molecule has 0 bridgehead atoms. The first kappa shape index (κ1) is 10.4. The Morgan fingerprint density at radius 3 is 2.33 bits per heavy atom. The predicted molar refractivity (Wildman–Crippen MR) is 39.4 cm³/mol. The highest BCUT2D eigenvalue weighted by Crippen LogP contribution is 1.82. The van der Waals surface area contributed by atoms with E-state index in [0.717, 1.165) is 7.11 Å². The molecule has 6 heteroatoms. The van der Waals surface area contributed by atoms with Crippen LogP contribution in [-0.4, -0.2) is 36.1 Å². The summed E-state index contributed by atoms with van der Waals surface area (Å²) < 4.78 is 4.05. The fourth-order valence-electron chi connectivity index (χ4n) is 0.410. The van der Waals surface area contributed by atoms with E-state index >= 15 is 0 Å². The SMILES string of the molecule is COC(=O)C(=O)N[C@@H](C)C(=O)O.[HH]. The highest BCUT2D eigenvalue weighted by atomic mass is 16.5. The van der Waals surface area contributed by atoms with Crippen molar-refractivity contribution in [2.45, 2.75) is 13.0 Å². The molecule has 0 heterocycles. The summed E-state index contributed by atoms with van der Waals surface area (Å²) in [6.45, 7) is 1.24. The van der Waals surface area contributed by atoms with Crippen molar-refractivity contribution in [3.63, 3.8) is 0 Å². The van der Waals surface area contributed by atoms with Crippen LogP contribution in [0.1, 0.15) is 8.35 Å². The van der Waals surface area contributed by atoms with Gasteiger partial charge in [0, 0.05) is 1.43 Å². The normalized spacial score (nSPS) is 11.5. The van der Waals surface area contributed by atoms with E-state index in [4.69, 9.17) is 5.11 Å². The molecule has 0 aromatic rings. The summed E-state index contributed by atoms with van der Waals surface area (Å²) in [7, 11) is 1.04. The Morgan fingerprint density at radius 1 is 1.50 bits per heavy atom. The Labute approximate surface area is 70.0 Å². The number of methoxy groups -OCH3 is 1. The molecule has 0 radical (unpaired) electrons. The Morgan fingerprint density at radius 2 is 2.00 bits per heavy atom. The lowest BCUT2D eigenvalue weighted by atomic mass is 10.3. The van der Waals surface area contributed by atoms with Gasteiger partial charge >= 0.3 is 17.8 Å². The van der Waals surface area contributed by atoms with E-state index < -0.39 is 23.9 Å². The molecule has 70 valence electrons. The van der Waals surface area contributed by atoms with Crippen LogP contribution in [-0.2, 0) is 19.1 Å². The van der Waals surface area contributed by atoms with Crippen molar-refractivity contribution in [2.75, 3.05) is 7.11 Å². The zero-order valence-corrected chi connectivity index (χ0v) is 6.66. The molecule has 0 aromatic carbocycles. The van der Waals surface area contributed by atoms with Gasteiger partial charge in [-0.25, -0.2) is 4.79 Å². The van der Waals surface area contributed by atoms with E-state index in [9.17, 15) is 14.4 Å². The van der Waals surface area contributed by atoms with E-state index in [0.29, 0.717) is 0 Å². The topological polar surface area (TPSA) is 92.7 Å². The Hall–Kier alpha value is -1.59. The third-order valence-corrected chi connectivity index (χ3v) is 1.09. The molecule has 0 aromatic heterocycles. The van der Waals surface area contributed by atoms with Gasteiger partial charge in [0.1, 0.15) is 6.04 Å². The molecule has 12 heavy (non-hydrogen) atoms. The highest BCUT2D eigenvalue weighted by Gasteiger charge is 2.19. The summed E-state index contributed by atoms with van der Waals surface area (Å²) in [6.07, 6.45) is 0. The minimum absolute atomic E-state index is 0. The van der Waals surface area contributed by atoms with E-state index in [-0.39, 0.29) is 1.43 Å². The largest absolute Gasteiger partial charge is 0.480 e. The molecule has 6 nitrogen and oxygen atoms in total. The van der Waals surface area contributed by atoms with Crippen molar-refractivity contribution in [1.29, 1.82) is 0 Å². The number of carboxylic acids is 1. The van der Waals surface area contributed by atoms with Crippen molar-refractivity contribution in [3.8, 4) is 0 Å². The van der Waals surface area contributed by atoms with Gasteiger partial charge in [-0.2, -0.15) is 0 Å². The van der Waals surface area contributed by atoms with Gasteiger partial charge in [-0.15, -0.1) is 0 Å². The molecule has 0 rings (SSSR count). The van der Waals surface area contributed by atoms with E-state index in [1.807, 2.05) is 5.32 Å². The molecule has 0 saturated heterocycles. The van der Waals surface area contributed by atoms with Gasteiger partial charge in [0.25, 0.3) is 0 Å². The lowest BCUT2D eigenvalue weighted by Crippen LogP contribution is -2.42. The van der Waals surface area contributed by atoms with Crippen molar-refractivity contribution in [3.05, 3.63) is 0 Å². The fourth-order valence-corrected chi connectivity index (χ4v) is 0.410. The average Bonchev–Trinajstić information content (AvgIpc) is 2.02. The molecule has 0 saturated carbocycles. The standard InChI is InChI=1S/C6H9NO5.H2/c1-3(5(9)10)7-4(8)6(11)12-2;/h3H,1-2H3,(H,7,8)(H,9,10);1H/t3-;/m0./s1. The van der Waals surface area contributed by atoms with Gasteiger partial charge in [0.05, 0.1) is 7.11 Å². The second kappa shape index (κ2) is 4.32. The highest BCUT2D eigenvalue weighted by molar-refractivity contribution is 6.32. The molecule has 0 aliphatic heterocycles. The van der Waals surface area contributed by atoms with Crippen LogP contribution in [0.15, 0.2) is 0 Å². The number of carbonyl (C=O) groups is 3. The maximum absolute atomic E-state index is 10.6. The minimum atomic E-state index is -1.22. The summed E-state index contributed by atoms with van der Waals surface area (Å²) >= 11 is 0. The third-order valence-electron chi connectivity index (χ3n) is 1.09. The fraction of sp³-hybridized carbons (Fsp3) is 0.500. The average molecular weight is 177 g/mol. The number of amides is 1. The molecule has 2 N–H and O–H groups in total. The lowest BCUT2D eigenvalue weighted by molar-refractivity contribution is -0.154. The second-order valence-electron chi connectivity index (χ2n) is 2.02. The van der Waals surface area contributed by atoms with Gasteiger partial charge in [0.15, 0.2) is 0 Å².